The molecule has 20 heavy (non-hydrogen) atoms. The Morgan fingerprint density at radius 2 is 1.85 bits per heavy atom. The maximum absolute atomic E-state index is 14.2. The van der Waals surface area contributed by atoms with Crippen molar-refractivity contribution in [2.24, 2.45) is 0 Å². The monoisotopic (exact) mass is 269 g/mol. The van der Waals surface area contributed by atoms with Gasteiger partial charge in [0.25, 0.3) is 0 Å². The maximum atomic E-state index is 14.2. The van der Waals surface area contributed by atoms with Crippen molar-refractivity contribution in [3.63, 3.8) is 0 Å². The summed E-state index contributed by atoms with van der Waals surface area (Å²) in [4.78, 5) is 0. The molecule has 0 bridgehead atoms. The standard InChI is InChI=1S/C18H20FN/c1-20-12-13-5-10-17(18(19)11-13)16-8-6-15(7-9-16)14-3-2-4-14/h5-11,14,20H,2-4,12H2,1H3. The van der Waals surface area contributed by atoms with Crippen molar-refractivity contribution in [1.82, 2.24) is 5.32 Å². The highest BCUT2D eigenvalue weighted by Gasteiger charge is 2.19. The van der Waals surface area contributed by atoms with Gasteiger partial charge in [0.15, 0.2) is 0 Å². The van der Waals surface area contributed by atoms with Crippen LogP contribution in [0.3, 0.4) is 0 Å². The van der Waals surface area contributed by atoms with Gasteiger partial charge < -0.3 is 5.32 Å². The van der Waals surface area contributed by atoms with E-state index in [1.165, 1.54) is 24.8 Å². The van der Waals surface area contributed by atoms with Crippen LogP contribution < -0.4 is 5.32 Å². The summed E-state index contributed by atoms with van der Waals surface area (Å²) in [7, 11) is 1.87. The van der Waals surface area contributed by atoms with E-state index in [0.29, 0.717) is 12.1 Å². The molecule has 0 radical (unpaired) electrons. The fourth-order valence-electron chi connectivity index (χ4n) is 2.78. The van der Waals surface area contributed by atoms with Gasteiger partial charge in [0.05, 0.1) is 0 Å². The Balaban J connectivity index is 1.84. The van der Waals surface area contributed by atoms with Gasteiger partial charge in [-0.15, -0.1) is 0 Å². The van der Waals surface area contributed by atoms with E-state index >= 15 is 0 Å². The zero-order chi connectivity index (χ0) is 13.9. The van der Waals surface area contributed by atoms with Crippen molar-refractivity contribution in [2.45, 2.75) is 31.7 Å². The number of hydrogen-bond acceptors (Lipinski definition) is 1. The third kappa shape index (κ3) is 2.61. The summed E-state index contributed by atoms with van der Waals surface area (Å²) in [5, 5.41) is 3.04. The molecule has 104 valence electrons. The molecule has 0 saturated heterocycles. The Hall–Kier alpha value is -1.67. The lowest BCUT2D eigenvalue weighted by Gasteiger charge is -2.25. The minimum atomic E-state index is -0.144. The summed E-state index contributed by atoms with van der Waals surface area (Å²) in [6.45, 7) is 0.692. The van der Waals surface area contributed by atoms with E-state index in [0.717, 1.165) is 17.0 Å². The van der Waals surface area contributed by atoms with Crippen molar-refractivity contribution in [2.75, 3.05) is 7.05 Å². The van der Waals surface area contributed by atoms with Gasteiger partial charge in [-0.2, -0.15) is 0 Å². The molecule has 0 amide bonds. The average Bonchev–Trinajstić information content (AvgIpc) is 2.39. The molecule has 1 fully saturated rings. The van der Waals surface area contributed by atoms with E-state index in [9.17, 15) is 4.39 Å². The SMILES string of the molecule is CNCc1ccc(-c2ccc(C3CCC3)cc2)c(F)c1. The summed E-state index contributed by atoms with van der Waals surface area (Å²) in [6, 6.07) is 13.9. The van der Waals surface area contributed by atoms with Crippen LogP contribution in [-0.2, 0) is 6.54 Å². The molecule has 1 nitrogen and oxygen atoms in total. The molecule has 0 heterocycles. The fraction of sp³-hybridized carbons (Fsp3) is 0.333. The third-order valence-corrected chi connectivity index (χ3v) is 4.21. The Kier molecular flexibility index (Phi) is 3.83. The van der Waals surface area contributed by atoms with Crippen LogP contribution in [0.1, 0.15) is 36.3 Å². The van der Waals surface area contributed by atoms with Crippen LogP contribution >= 0.6 is 0 Å². The van der Waals surface area contributed by atoms with E-state index in [4.69, 9.17) is 0 Å². The second-order valence-electron chi connectivity index (χ2n) is 5.59. The van der Waals surface area contributed by atoms with Gasteiger partial charge in [0.1, 0.15) is 5.82 Å². The number of halogens is 1. The molecule has 0 aliphatic heterocycles. The van der Waals surface area contributed by atoms with E-state index in [1.54, 1.807) is 6.07 Å². The van der Waals surface area contributed by atoms with Crippen LogP contribution in [-0.4, -0.2) is 7.05 Å². The van der Waals surface area contributed by atoms with Crippen LogP contribution in [0.2, 0.25) is 0 Å². The quantitative estimate of drug-likeness (QED) is 0.863. The first-order valence-electron chi connectivity index (χ1n) is 7.31. The lowest BCUT2D eigenvalue weighted by atomic mass is 9.80. The Bertz CT molecular complexity index is 585. The molecular formula is C18H20FN. The molecule has 1 aliphatic carbocycles. The van der Waals surface area contributed by atoms with Crippen LogP contribution in [0, 0.1) is 5.82 Å². The topological polar surface area (TPSA) is 12.0 Å². The largest absolute Gasteiger partial charge is 0.316 e. The molecule has 0 unspecified atom stereocenters. The van der Waals surface area contributed by atoms with Crippen molar-refractivity contribution >= 4 is 0 Å². The van der Waals surface area contributed by atoms with Gasteiger partial charge in [0.2, 0.25) is 0 Å². The predicted octanol–water partition coefficient (Wildman–Crippen LogP) is 4.48. The molecule has 2 aromatic rings. The zero-order valence-electron chi connectivity index (χ0n) is 11.8. The summed E-state index contributed by atoms with van der Waals surface area (Å²) >= 11 is 0. The number of rotatable bonds is 4. The van der Waals surface area contributed by atoms with Gasteiger partial charge in [-0.1, -0.05) is 42.8 Å². The Morgan fingerprint density at radius 1 is 1.10 bits per heavy atom. The van der Waals surface area contributed by atoms with E-state index in [-0.39, 0.29) is 5.82 Å². The van der Waals surface area contributed by atoms with Gasteiger partial charge >= 0.3 is 0 Å². The van der Waals surface area contributed by atoms with Crippen molar-refractivity contribution in [3.8, 4) is 11.1 Å². The van der Waals surface area contributed by atoms with Crippen molar-refractivity contribution < 1.29 is 4.39 Å². The van der Waals surface area contributed by atoms with Crippen LogP contribution in [0.4, 0.5) is 4.39 Å². The molecule has 0 aromatic heterocycles. The summed E-state index contributed by atoms with van der Waals surface area (Å²) in [5.74, 6) is 0.584. The minimum absolute atomic E-state index is 0.144. The van der Waals surface area contributed by atoms with Gasteiger partial charge in [-0.25, -0.2) is 4.39 Å². The first-order chi connectivity index (χ1) is 9.78. The summed E-state index contributed by atoms with van der Waals surface area (Å²) in [5.41, 5.74) is 4.01. The fourth-order valence-corrected chi connectivity index (χ4v) is 2.78. The van der Waals surface area contributed by atoms with Gasteiger partial charge in [0, 0.05) is 12.1 Å². The molecule has 2 aromatic carbocycles. The van der Waals surface area contributed by atoms with Gasteiger partial charge in [-0.05, 0) is 48.6 Å². The van der Waals surface area contributed by atoms with Crippen LogP contribution in [0.25, 0.3) is 11.1 Å². The summed E-state index contributed by atoms with van der Waals surface area (Å²) in [6.07, 6.45) is 3.94. The van der Waals surface area contributed by atoms with E-state index in [1.807, 2.05) is 31.3 Å². The van der Waals surface area contributed by atoms with Gasteiger partial charge in [-0.3, -0.25) is 0 Å². The predicted molar refractivity (Wildman–Crippen MR) is 81.2 cm³/mol. The number of nitrogens with one attached hydrogen (secondary N) is 1. The second-order valence-corrected chi connectivity index (χ2v) is 5.59. The molecule has 1 aliphatic rings. The molecule has 1 saturated carbocycles. The summed E-state index contributed by atoms with van der Waals surface area (Å²) < 4.78 is 14.2. The molecule has 3 rings (SSSR count). The van der Waals surface area contributed by atoms with Crippen molar-refractivity contribution in [1.29, 1.82) is 0 Å². The highest BCUT2D eigenvalue weighted by Crippen LogP contribution is 2.37. The van der Waals surface area contributed by atoms with Crippen LogP contribution in [0.15, 0.2) is 42.5 Å². The Labute approximate surface area is 119 Å². The Morgan fingerprint density at radius 3 is 2.40 bits per heavy atom. The number of benzene rings is 2. The van der Waals surface area contributed by atoms with Crippen LogP contribution in [0.5, 0.6) is 0 Å². The average molecular weight is 269 g/mol. The maximum Gasteiger partial charge on any atom is 0.131 e. The molecule has 0 spiro atoms. The van der Waals surface area contributed by atoms with E-state index < -0.39 is 0 Å². The smallest absolute Gasteiger partial charge is 0.131 e. The normalized spacial score (nSPS) is 15.1. The third-order valence-electron chi connectivity index (χ3n) is 4.21. The second kappa shape index (κ2) is 5.76. The first kappa shape index (κ1) is 13.3. The molecule has 2 heteroatoms. The molecule has 1 N–H and O–H groups in total. The number of hydrogen-bond donors (Lipinski definition) is 1. The highest BCUT2D eigenvalue weighted by molar-refractivity contribution is 5.65. The zero-order valence-corrected chi connectivity index (χ0v) is 11.8. The lowest BCUT2D eigenvalue weighted by molar-refractivity contribution is 0.420. The minimum Gasteiger partial charge on any atom is -0.316 e. The first-order valence-corrected chi connectivity index (χ1v) is 7.31. The van der Waals surface area contributed by atoms with Crippen molar-refractivity contribution in [3.05, 3.63) is 59.4 Å². The highest BCUT2D eigenvalue weighted by atomic mass is 19.1. The lowest BCUT2D eigenvalue weighted by Crippen LogP contribution is -2.08. The van der Waals surface area contributed by atoms with E-state index in [2.05, 4.69) is 17.4 Å². The molecule has 0 atom stereocenters. The molecular weight excluding hydrogens is 249 g/mol.